The van der Waals surface area contributed by atoms with E-state index in [-0.39, 0.29) is 11.7 Å². The van der Waals surface area contributed by atoms with Crippen molar-refractivity contribution in [3.63, 3.8) is 0 Å². The Morgan fingerprint density at radius 3 is 3.11 bits per heavy atom. The first-order chi connectivity index (χ1) is 4.34. The van der Waals surface area contributed by atoms with Crippen molar-refractivity contribution in [1.82, 2.24) is 0 Å². The molecule has 0 heterocycles. The van der Waals surface area contributed by atoms with Gasteiger partial charge in [0.2, 0.25) is 0 Å². The normalized spacial score (nSPS) is 25.4. The molecule has 1 aliphatic carbocycles. The van der Waals surface area contributed by atoms with Gasteiger partial charge in [0.15, 0.2) is 5.78 Å². The Morgan fingerprint density at radius 1 is 1.89 bits per heavy atom. The van der Waals surface area contributed by atoms with E-state index in [1.54, 1.807) is 13.2 Å². The first kappa shape index (κ1) is 6.49. The number of carbonyl (C=O) groups excluding carboxylic acids is 1. The molecule has 0 aromatic heterocycles. The predicted octanol–water partition coefficient (Wildman–Crippen LogP) is 0.778. The van der Waals surface area contributed by atoms with Crippen molar-refractivity contribution in [1.29, 1.82) is 0 Å². The molecular weight excluding hydrogens is 116 g/mol. The van der Waals surface area contributed by atoms with Crippen LogP contribution >= 0.6 is 0 Å². The second kappa shape index (κ2) is 2.78. The molecule has 50 valence electrons. The van der Waals surface area contributed by atoms with E-state index in [4.69, 9.17) is 4.74 Å². The molecule has 2 heteroatoms. The van der Waals surface area contributed by atoms with Gasteiger partial charge in [0, 0.05) is 13.0 Å². The van der Waals surface area contributed by atoms with E-state index in [1.165, 1.54) is 0 Å². The second-order valence-corrected chi connectivity index (χ2v) is 2.19. The van der Waals surface area contributed by atoms with E-state index in [9.17, 15) is 4.79 Å². The van der Waals surface area contributed by atoms with Crippen LogP contribution in [0.3, 0.4) is 0 Å². The lowest BCUT2D eigenvalue weighted by atomic mass is 10.1. The molecule has 0 saturated heterocycles. The van der Waals surface area contributed by atoms with Crippen molar-refractivity contribution >= 4 is 5.78 Å². The highest BCUT2D eigenvalue weighted by Gasteiger charge is 2.18. The quantitative estimate of drug-likeness (QED) is 0.546. The number of methoxy groups -OCH3 is 1. The maximum absolute atomic E-state index is 10.8. The van der Waals surface area contributed by atoms with Gasteiger partial charge in [-0.3, -0.25) is 4.79 Å². The Kier molecular flexibility index (Phi) is 2.01. The monoisotopic (exact) mass is 126 g/mol. The molecule has 0 aliphatic heterocycles. The average Bonchev–Trinajstić information content (AvgIpc) is 2.18. The number of ketones is 1. The standard InChI is InChI=1S/C7H10O2/c1-9-5-6-3-2-4-7(6)8/h2,4,6H,3,5H2,1H3. The summed E-state index contributed by atoms with van der Waals surface area (Å²) < 4.78 is 4.84. The molecule has 0 saturated carbocycles. The Morgan fingerprint density at radius 2 is 2.67 bits per heavy atom. The number of carbonyl (C=O) groups is 1. The molecule has 1 aliphatic rings. The van der Waals surface area contributed by atoms with Gasteiger partial charge in [0.05, 0.1) is 6.61 Å². The Balaban J connectivity index is 2.37. The fourth-order valence-electron chi connectivity index (χ4n) is 0.952. The zero-order valence-electron chi connectivity index (χ0n) is 5.46. The molecule has 0 N–H and O–H groups in total. The maximum atomic E-state index is 10.8. The van der Waals surface area contributed by atoms with Crippen LogP contribution in [-0.2, 0) is 9.53 Å². The van der Waals surface area contributed by atoms with Gasteiger partial charge in [-0.15, -0.1) is 0 Å². The van der Waals surface area contributed by atoms with Crippen LogP contribution in [0.1, 0.15) is 6.42 Å². The summed E-state index contributed by atoms with van der Waals surface area (Å²) in [5.74, 6) is 0.312. The molecule has 0 spiro atoms. The molecule has 9 heavy (non-hydrogen) atoms. The van der Waals surface area contributed by atoms with Gasteiger partial charge in [-0.25, -0.2) is 0 Å². The van der Waals surface area contributed by atoms with E-state index in [1.807, 2.05) is 6.08 Å². The minimum Gasteiger partial charge on any atom is -0.384 e. The van der Waals surface area contributed by atoms with E-state index >= 15 is 0 Å². The maximum Gasteiger partial charge on any atom is 0.161 e. The molecule has 0 amide bonds. The average molecular weight is 126 g/mol. The fraction of sp³-hybridized carbons (Fsp3) is 0.571. The minimum atomic E-state index is 0.106. The van der Waals surface area contributed by atoms with Crippen LogP contribution in [0.5, 0.6) is 0 Å². The summed E-state index contributed by atoms with van der Waals surface area (Å²) in [4.78, 5) is 10.8. The summed E-state index contributed by atoms with van der Waals surface area (Å²) >= 11 is 0. The lowest BCUT2D eigenvalue weighted by molar-refractivity contribution is -0.118. The van der Waals surface area contributed by atoms with Crippen LogP contribution in [0.4, 0.5) is 0 Å². The van der Waals surface area contributed by atoms with E-state index in [2.05, 4.69) is 0 Å². The predicted molar refractivity (Wildman–Crippen MR) is 34.1 cm³/mol. The molecule has 1 atom stereocenters. The van der Waals surface area contributed by atoms with Gasteiger partial charge < -0.3 is 4.74 Å². The lowest BCUT2D eigenvalue weighted by Crippen LogP contribution is -2.12. The Labute approximate surface area is 54.5 Å². The summed E-state index contributed by atoms with van der Waals surface area (Å²) in [6, 6.07) is 0. The van der Waals surface area contributed by atoms with Crippen molar-refractivity contribution < 1.29 is 9.53 Å². The molecular formula is C7H10O2. The topological polar surface area (TPSA) is 26.3 Å². The first-order valence-corrected chi connectivity index (χ1v) is 3.04. The van der Waals surface area contributed by atoms with Gasteiger partial charge in [0.25, 0.3) is 0 Å². The summed E-state index contributed by atoms with van der Waals surface area (Å²) in [7, 11) is 1.62. The number of ether oxygens (including phenoxy) is 1. The largest absolute Gasteiger partial charge is 0.384 e. The molecule has 0 aromatic carbocycles. The highest BCUT2D eigenvalue weighted by molar-refractivity contribution is 5.94. The number of hydrogen-bond donors (Lipinski definition) is 0. The van der Waals surface area contributed by atoms with Gasteiger partial charge in [-0.2, -0.15) is 0 Å². The van der Waals surface area contributed by atoms with Gasteiger partial charge in [0.1, 0.15) is 0 Å². The second-order valence-electron chi connectivity index (χ2n) is 2.19. The van der Waals surface area contributed by atoms with Crippen molar-refractivity contribution in [2.75, 3.05) is 13.7 Å². The zero-order chi connectivity index (χ0) is 6.69. The van der Waals surface area contributed by atoms with Crippen LogP contribution in [-0.4, -0.2) is 19.5 Å². The Hall–Kier alpha value is -0.630. The minimum absolute atomic E-state index is 0.106. The third-order valence-corrected chi connectivity index (χ3v) is 1.47. The summed E-state index contributed by atoms with van der Waals surface area (Å²) in [6.07, 6.45) is 4.38. The van der Waals surface area contributed by atoms with Gasteiger partial charge in [-0.1, -0.05) is 6.08 Å². The number of hydrogen-bond acceptors (Lipinski definition) is 2. The van der Waals surface area contributed by atoms with E-state index < -0.39 is 0 Å². The van der Waals surface area contributed by atoms with E-state index in [0.717, 1.165) is 6.42 Å². The van der Waals surface area contributed by atoms with E-state index in [0.29, 0.717) is 6.61 Å². The van der Waals surface area contributed by atoms with Crippen LogP contribution in [0.2, 0.25) is 0 Å². The highest BCUT2D eigenvalue weighted by Crippen LogP contribution is 2.13. The van der Waals surface area contributed by atoms with Crippen molar-refractivity contribution in [3.05, 3.63) is 12.2 Å². The van der Waals surface area contributed by atoms with Crippen LogP contribution in [0.25, 0.3) is 0 Å². The van der Waals surface area contributed by atoms with Gasteiger partial charge in [-0.05, 0) is 12.5 Å². The zero-order valence-corrected chi connectivity index (χ0v) is 5.46. The molecule has 0 radical (unpaired) electrons. The van der Waals surface area contributed by atoms with Crippen molar-refractivity contribution in [2.24, 2.45) is 5.92 Å². The molecule has 1 rings (SSSR count). The molecule has 0 fully saturated rings. The molecule has 0 bridgehead atoms. The smallest absolute Gasteiger partial charge is 0.161 e. The number of allylic oxidation sites excluding steroid dienone is 2. The van der Waals surface area contributed by atoms with Crippen molar-refractivity contribution in [3.8, 4) is 0 Å². The van der Waals surface area contributed by atoms with Crippen molar-refractivity contribution in [2.45, 2.75) is 6.42 Å². The van der Waals surface area contributed by atoms with Crippen LogP contribution < -0.4 is 0 Å². The number of rotatable bonds is 2. The third kappa shape index (κ3) is 1.39. The SMILES string of the molecule is COCC1CC=CC1=O. The third-order valence-electron chi connectivity index (χ3n) is 1.47. The summed E-state index contributed by atoms with van der Waals surface area (Å²) in [6.45, 7) is 0.561. The van der Waals surface area contributed by atoms with Crippen LogP contribution in [0.15, 0.2) is 12.2 Å². The van der Waals surface area contributed by atoms with Gasteiger partial charge >= 0.3 is 0 Å². The molecule has 1 unspecified atom stereocenters. The first-order valence-electron chi connectivity index (χ1n) is 3.04. The summed E-state index contributed by atoms with van der Waals surface area (Å²) in [5.41, 5.74) is 0. The molecule has 2 nitrogen and oxygen atoms in total. The molecule has 0 aromatic rings. The highest BCUT2D eigenvalue weighted by atomic mass is 16.5. The lowest BCUT2D eigenvalue weighted by Gasteiger charge is -2.03. The Bertz CT molecular complexity index is 138. The summed E-state index contributed by atoms with van der Waals surface area (Å²) in [5, 5.41) is 0. The van der Waals surface area contributed by atoms with Crippen LogP contribution in [0, 0.1) is 5.92 Å². The fourth-order valence-corrected chi connectivity index (χ4v) is 0.952.